The maximum atomic E-state index is 13.2. The third kappa shape index (κ3) is 3.85. The minimum Gasteiger partial charge on any atom is -0.355 e. The zero-order valence-corrected chi connectivity index (χ0v) is 21.7. The molecule has 2 fully saturated rings. The average molecular weight is 507 g/mol. The molecule has 0 N–H and O–H groups in total. The van der Waals surface area contributed by atoms with Gasteiger partial charge in [-0.2, -0.15) is 0 Å². The summed E-state index contributed by atoms with van der Waals surface area (Å²) in [5.74, 6) is 3.29. The Bertz CT molecular complexity index is 1310. The van der Waals surface area contributed by atoms with Crippen LogP contribution >= 0.6 is 11.6 Å². The number of carbonyl (C=O) groups is 1. The molecule has 0 unspecified atom stereocenters. The summed E-state index contributed by atoms with van der Waals surface area (Å²) >= 11 is 6.45. The van der Waals surface area contributed by atoms with Gasteiger partial charge in [0.05, 0.1) is 17.9 Å². The summed E-state index contributed by atoms with van der Waals surface area (Å²) < 4.78 is 2.23. The summed E-state index contributed by atoms with van der Waals surface area (Å²) in [6, 6.07) is 6.03. The van der Waals surface area contributed by atoms with Gasteiger partial charge in [0.1, 0.15) is 17.2 Å². The fourth-order valence-corrected chi connectivity index (χ4v) is 6.05. The Labute approximate surface area is 216 Å². The normalized spacial score (nSPS) is 19.4. The highest BCUT2D eigenvalue weighted by atomic mass is 35.5. The number of likely N-dealkylation sites (N-methyl/N-ethyl adjacent to an activating group) is 1. The van der Waals surface area contributed by atoms with E-state index in [9.17, 15) is 4.79 Å². The standard InChI is InChI=1S/C26H31ClN8O/c1-17-23(29-11-10-28-17)33-12-6-18(7-13-33)24-31-30-22-16-34(26(8-9-26)25(36)32(2)3)15-19-14-20(27)4-5-21(19)35(22)24/h4-5,10-11,14,18H,6-9,12-13,15-16H2,1-3H3. The molecule has 188 valence electrons. The molecule has 10 heteroatoms. The number of carbonyl (C=O) groups excluding carboxylic acids is 1. The highest BCUT2D eigenvalue weighted by molar-refractivity contribution is 6.30. The van der Waals surface area contributed by atoms with Gasteiger partial charge in [-0.25, -0.2) is 4.98 Å². The number of hydrogen-bond acceptors (Lipinski definition) is 7. The van der Waals surface area contributed by atoms with Gasteiger partial charge in [0.25, 0.3) is 0 Å². The largest absolute Gasteiger partial charge is 0.355 e. The number of aromatic nitrogens is 5. The van der Waals surface area contributed by atoms with Gasteiger partial charge in [-0.05, 0) is 56.4 Å². The molecule has 3 aliphatic rings. The number of halogens is 1. The number of aryl methyl sites for hydroxylation is 1. The van der Waals surface area contributed by atoms with E-state index < -0.39 is 5.54 Å². The van der Waals surface area contributed by atoms with Crippen LogP contribution in [-0.2, 0) is 17.9 Å². The fraction of sp³-hybridized carbons (Fsp3) is 0.500. The van der Waals surface area contributed by atoms with E-state index in [2.05, 4.69) is 35.5 Å². The molecule has 6 rings (SSSR count). The molecule has 1 aliphatic carbocycles. The lowest BCUT2D eigenvalue weighted by Crippen LogP contribution is -2.48. The molecule has 0 bridgehead atoms. The topological polar surface area (TPSA) is 83.3 Å². The average Bonchev–Trinajstić information content (AvgIpc) is 3.61. The van der Waals surface area contributed by atoms with Crippen LogP contribution in [0.4, 0.5) is 5.82 Å². The van der Waals surface area contributed by atoms with Crippen molar-refractivity contribution in [3.8, 4) is 5.69 Å². The molecular formula is C26H31ClN8O. The molecule has 0 radical (unpaired) electrons. The summed E-state index contributed by atoms with van der Waals surface area (Å²) in [5.41, 5.74) is 2.66. The molecule has 4 heterocycles. The quantitative estimate of drug-likeness (QED) is 0.536. The second kappa shape index (κ2) is 8.81. The van der Waals surface area contributed by atoms with Crippen molar-refractivity contribution in [3.05, 3.63) is 58.5 Å². The summed E-state index contributed by atoms with van der Waals surface area (Å²) in [7, 11) is 3.67. The van der Waals surface area contributed by atoms with Crippen LogP contribution in [0.15, 0.2) is 30.6 Å². The number of fused-ring (bicyclic) bond motifs is 3. The van der Waals surface area contributed by atoms with Crippen LogP contribution in [0.1, 0.15) is 54.5 Å². The van der Waals surface area contributed by atoms with Crippen LogP contribution in [0.5, 0.6) is 0 Å². The molecule has 0 spiro atoms. The molecule has 2 aromatic heterocycles. The number of rotatable bonds is 4. The molecule has 3 aromatic rings. The van der Waals surface area contributed by atoms with Gasteiger partial charge in [-0.3, -0.25) is 19.2 Å². The van der Waals surface area contributed by atoms with Crippen molar-refractivity contribution < 1.29 is 4.79 Å². The summed E-state index contributed by atoms with van der Waals surface area (Å²) in [4.78, 5) is 28.4. The third-order valence-corrected chi connectivity index (χ3v) is 8.11. The second-order valence-electron chi connectivity index (χ2n) is 10.4. The molecule has 1 aromatic carbocycles. The molecule has 2 aliphatic heterocycles. The van der Waals surface area contributed by atoms with E-state index in [-0.39, 0.29) is 11.8 Å². The lowest BCUT2D eigenvalue weighted by Gasteiger charge is -2.33. The summed E-state index contributed by atoms with van der Waals surface area (Å²) in [6.07, 6.45) is 7.15. The lowest BCUT2D eigenvalue weighted by molar-refractivity contribution is -0.136. The van der Waals surface area contributed by atoms with E-state index >= 15 is 0 Å². The Balaban J connectivity index is 1.33. The third-order valence-electron chi connectivity index (χ3n) is 7.88. The van der Waals surface area contributed by atoms with E-state index in [0.717, 1.165) is 73.2 Å². The van der Waals surface area contributed by atoms with E-state index in [0.29, 0.717) is 18.1 Å². The zero-order chi connectivity index (χ0) is 25.0. The zero-order valence-electron chi connectivity index (χ0n) is 21.0. The fourth-order valence-electron chi connectivity index (χ4n) is 5.85. The smallest absolute Gasteiger partial charge is 0.242 e. The minimum absolute atomic E-state index is 0.158. The van der Waals surface area contributed by atoms with Gasteiger partial charge in [0.15, 0.2) is 5.82 Å². The number of amides is 1. The van der Waals surface area contributed by atoms with Gasteiger partial charge in [0.2, 0.25) is 5.91 Å². The first-order chi connectivity index (χ1) is 17.4. The van der Waals surface area contributed by atoms with Gasteiger partial charge in [-0.15, -0.1) is 10.2 Å². The van der Waals surface area contributed by atoms with E-state index in [1.165, 1.54) is 0 Å². The Morgan fingerprint density at radius 1 is 1.08 bits per heavy atom. The highest BCUT2D eigenvalue weighted by Crippen LogP contribution is 2.46. The number of piperidine rings is 1. The van der Waals surface area contributed by atoms with Crippen molar-refractivity contribution in [3.63, 3.8) is 0 Å². The van der Waals surface area contributed by atoms with Crippen LogP contribution < -0.4 is 4.90 Å². The van der Waals surface area contributed by atoms with Crippen molar-refractivity contribution >= 4 is 23.3 Å². The molecule has 9 nitrogen and oxygen atoms in total. The predicted molar refractivity (Wildman–Crippen MR) is 137 cm³/mol. The molecular weight excluding hydrogens is 476 g/mol. The van der Waals surface area contributed by atoms with Crippen molar-refractivity contribution in [1.82, 2.24) is 34.5 Å². The second-order valence-corrected chi connectivity index (χ2v) is 10.8. The van der Waals surface area contributed by atoms with Crippen LogP contribution in [-0.4, -0.2) is 73.2 Å². The minimum atomic E-state index is -0.468. The van der Waals surface area contributed by atoms with Crippen LogP contribution in [0.2, 0.25) is 5.02 Å². The van der Waals surface area contributed by atoms with Crippen LogP contribution in [0, 0.1) is 6.92 Å². The Kier molecular flexibility index (Phi) is 5.72. The Morgan fingerprint density at radius 2 is 1.83 bits per heavy atom. The molecule has 36 heavy (non-hydrogen) atoms. The lowest BCUT2D eigenvalue weighted by atomic mass is 9.95. The summed E-state index contributed by atoms with van der Waals surface area (Å²) in [6.45, 7) is 5.03. The van der Waals surface area contributed by atoms with Gasteiger partial charge in [-0.1, -0.05) is 11.6 Å². The Hall–Kier alpha value is -3.04. The van der Waals surface area contributed by atoms with Gasteiger partial charge >= 0.3 is 0 Å². The van der Waals surface area contributed by atoms with E-state index in [1.54, 1.807) is 17.3 Å². The van der Waals surface area contributed by atoms with Crippen molar-refractivity contribution in [2.45, 2.75) is 57.2 Å². The molecule has 1 saturated heterocycles. The first-order valence-electron chi connectivity index (χ1n) is 12.6. The number of benzene rings is 1. The van der Waals surface area contributed by atoms with Crippen LogP contribution in [0.3, 0.4) is 0 Å². The van der Waals surface area contributed by atoms with Crippen LogP contribution in [0.25, 0.3) is 5.69 Å². The van der Waals surface area contributed by atoms with Crippen molar-refractivity contribution in [1.29, 1.82) is 0 Å². The van der Waals surface area contributed by atoms with Crippen molar-refractivity contribution in [2.24, 2.45) is 0 Å². The highest BCUT2D eigenvalue weighted by Gasteiger charge is 2.56. The summed E-state index contributed by atoms with van der Waals surface area (Å²) in [5, 5.41) is 10.1. The number of anilines is 1. The number of hydrogen-bond donors (Lipinski definition) is 0. The Morgan fingerprint density at radius 3 is 2.53 bits per heavy atom. The SMILES string of the molecule is Cc1nccnc1N1CCC(c2nnc3n2-c2ccc(Cl)cc2CN(C2(C(=O)N(C)C)CC2)C3)CC1. The molecule has 0 atom stereocenters. The van der Waals surface area contributed by atoms with E-state index in [1.807, 2.05) is 33.2 Å². The monoisotopic (exact) mass is 506 g/mol. The van der Waals surface area contributed by atoms with E-state index in [4.69, 9.17) is 16.7 Å². The van der Waals surface area contributed by atoms with Gasteiger partial charge < -0.3 is 9.80 Å². The molecule has 1 saturated carbocycles. The first-order valence-corrected chi connectivity index (χ1v) is 13.0. The maximum absolute atomic E-state index is 13.2. The van der Waals surface area contributed by atoms with Crippen molar-refractivity contribution in [2.75, 3.05) is 32.1 Å². The van der Waals surface area contributed by atoms with Gasteiger partial charge in [0, 0.05) is 57.1 Å². The predicted octanol–water partition coefficient (Wildman–Crippen LogP) is 3.34. The first kappa shape index (κ1) is 23.4. The number of nitrogens with zero attached hydrogens (tertiary/aromatic N) is 8. The molecule has 1 amide bonds. The maximum Gasteiger partial charge on any atom is 0.242 e.